The topological polar surface area (TPSA) is 32.8 Å². The van der Waals surface area contributed by atoms with Crippen molar-refractivity contribution in [2.24, 2.45) is 0 Å². The molecule has 74 heavy (non-hydrogen) atoms. The Hall–Kier alpha value is -9.90. The van der Waals surface area contributed by atoms with Crippen LogP contribution < -0.4 is 9.80 Å². The molecule has 0 amide bonds. The highest BCUT2D eigenvalue weighted by molar-refractivity contribution is 6.16. The Morgan fingerprint density at radius 3 is 1.15 bits per heavy atom. The van der Waals surface area contributed by atoms with E-state index >= 15 is 0 Å². The van der Waals surface area contributed by atoms with Gasteiger partial charge in [-0.15, -0.1) is 0 Å². The summed E-state index contributed by atoms with van der Waals surface area (Å²) in [5.74, 6) is 0. The summed E-state index contributed by atoms with van der Waals surface area (Å²) in [6, 6.07) is 99.9. The number of para-hydroxylation sites is 4. The molecule has 0 spiro atoms. The summed E-state index contributed by atoms with van der Waals surface area (Å²) in [5, 5.41) is 6.55. The number of benzene rings is 12. The summed E-state index contributed by atoms with van der Waals surface area (Å²) in [5.41, 5.74) is 18.4. The van der Waals surface area contributed by atoms with Crippen molar-refractivity contribution in [2.75, 3.05) is 9.80 Å². The van der Waals surface area contributed by atoms with Crippen LogP contribution >= 0.6 is 0 Å². The molecule has 0 radical (unpaired) electrons. The highest BCUT2D eigenvalue weighted by atomic mass is 16.3. The van der Waals surface area contributed by atoms with Crippen LogP contribution in [0.1, 0.15) is 0 Å². The van der Waals surface area contributed by atoms with Crippen LogP contribution in [0, 0.1) is 0 Å². The van der Waals surface area contributed by atoms with Gasteiger partial charge in [-0.1, -0.05) is 200 Å². The Morgan fingerprint density at radius 2 is 0.622 bits per heavy atom. The van der Waals surface area contributed by atoms with Crippen LogP contribution in [0.4, 0.5) is 34.1 Å². The predicted molar refractivity (Wildman–Crippen MR) is 310 cm³/mol. The molecule has 0 atom stereocenters. The second-order valence-electron chi connectivity index (χ2n) is 18.8. The Morgan fingerprint density at radius 1 is 0.216 bits per heavy atom. The molecule has 0 saturated heterocycles. The van der Waals surface area contributed by atoms with Gasteiger partial charge >= 0.3 is 0 Å². The number of anilines is 6. The predicted octanol–water partition coefficient (Wildman–Crippen LogP) is 20.2. The number of rotatable bonds is 10. The van der Waals surface area contributed by atoms with E-state index in [1.165, 1.54) is 0 Å². The summed E-state index contributed by atoms with van der Waals surface area (Å²) < 4.78 is 13.3. The first-order valence-corrected chi connectivity index (χ1v) is 25.2. The van der Waals surface area contributed by atoms with Gasteiger partial charge in [0, 0.05) is 67.3 Å². The molecule has 0 N–H and O–H groups in total. The summed E-state index contributed by atoms with van der Waals surface area (Å²) in [6.07, 6.45) is 0. The first kappa shape index (κ1) is 42.9. The molecule has 348 valence electrons. The van der Waals surface area contributed by atoms with Crippen LogP contribution in [0.3, 0.4) is 0 Å². The molecule has 4 nitrogen and oxygen atoms in total. The van der Waals surface area contributed by atoms with Crippen LogP contribution in [-0.4, -0.2) is 0 Å². The average molecular weight is 947 g/mol. The van der Waals surface area contributed by atoms with Gasteiger partial charge in [-0.3, -0.25) is 0 Å². The minimum atomic E-state index is 0.825. The van der Waals surface area contributed by atoms with Crippen LogP contribution in [0.2, 0.25) is 0 Å². The van der Waals surface area contributed by atoms with E-state index < -0.39 is 0 Å². The zero-order valence-electron chi connectivity index (χ0n) is 40.3. The molecule has 0 fully saturated rings. The van der Waals surface area contributed by atoms with Crippen molar-refractivity contribution in [3.8, 4) is 44.5 Å². The average Bonchev–Trinajstić information content (AvgIpc) is 4.04. The van der Waals surface area contributed by atoms with Crippen molar-refractivity contribution >= 4 is 88.8 Å². The lowest BCUT2D eigenvalue weighted by Gasteiger charge is -2.32. The van der Waals surface area contributed by atoms with Gasteiger partial charge in [0.25, 0.3) is 0 Å². The second-order valence-corrected chi connectivity index (χ2v) is 18.8. The number of hydrogen-bond donors (Lipinski definition) is 0. The van der Waals surface area contributed by atoms with Gasteiger partial charge in [0.15, 0.2) is 0 Å². The van der Waals surface area contributed by atoms with Gasteiger partial charge < -0.3 is 18.6 Å². The lowest BCUT2D eigenvalue weighted by molar-refractivity contribution is 0.668. The lowest BCUT2D eigenvalue weighted by atomic mass is 9.89. The smallest absolute Gasteiger partial charge is 0.137 e. The molecule has 2 aromatic heterocycles. The maximum absolute atomic E-state index is 6.68. The molecule has 0 aliphatic carbocycles. The zero-order valence-corrected chi connectivity index (χ0v) is 40.3. The van der Waals surface area contributed by atoms with Gasteiger partial charge in [-0.25, -0.2) is 0 Å². The summed E-state index contributed by atoms with van der Waals surface area (Å²) >= 11 is 0. The third kappa shape index (κ3) is 7.39. The van der Waals surface area contributed by atoms with E-state index in [-0.39, 0.29) is 0 Å². The highest BCUT2D eigenvalue weighted by Crippen LogP contribution is 2.52. The van der Waals surface area contributed by atoms with Crippen molar-refractivity contribution in [3.05, 3.63) is 279 Å². The van der Waals surface area contributed by atoms with E-state index in [4.69, 9.17) is 8.83 Å². The molecule has 0 aliphatic rings. The Balaban J connectivity index is 1.12. The van der Waals surface area contributed by atoms with Crippen LogP contribution in [0.15, 0.2) is 288 Å². The monoisotopic (exact) mass is 946 g/mol. The molecular formula is C70H46N2O2. The molecule has 12 aromatic carbocycles. The van der Waals surface area contributed by atoms with E-state index in [1.807, 2.05) is 24.3 Å². The fourth-order valence-electron chi connectivity index (χ4n) is 11.1. The Bertz CT molecular complexity index is 4370. The molecular weight excluding hydrogens is 901 g/mol. The van der Waals surface area contributed by atoms with E-state index in [0.29, 0.717) is 0 Å². The van der Waals surface area contributed by atoms with E-state index in [1.54, 1.807) is 0 Å². The standard InChI is InChI=1S/C70H46N2O2/c1-5-21-47(22-6-1)54-29-13-17-33-63(54)71(51-37-39-59-57-31-15-19-35-66(57)73-68(59)45-51)53-43-61(50-27-11-4-12-28-50)70-56(49-25-9-3-10-26-49)41-42-65(62(70)44-53)72(64-34-18-14-30-55(64)48-23-7-2-8-24-48)52-38-40-60-58-32-16-20-36-67(58)74-69(60)46-52/h1-46H. The maximum Gasteiger partial charge on any atom is 0.137 e. The van der Waals surface area contributed by atoms with Gasteiger partial charge in [-0.2, -0.15) is 0 Å². The third-order valence-electron chi connectivity index (χ3n) is 14.4. The number of fused-ring (bicyclic) bond motifs is 7. The maximum atomic E-state index is 6.68. The molecule has 0 saturated carbocycles. The van der Waals surface area contributed by atoms with Gasteiger partial charge in [0.2, 0.25) is 0 Å². The number of furan rings is 2. The van der Waals surface area contributed by atoms with Crippen molar-refractivity contribution in [2.45, 2.75) is 0 Å². The quantitative estimate of drug-likeness (QED) is 0.137. The van der Waals surface area contributed by atoms with Crippen LogP contribution in [0.25, 0.3) is 99.2 Å². The van der Waals surface area contributed by atoms with Crippen LogP contribution in [0.5, 0.6) is 0 Å². The largest absolute Gasteiger partial charge is 0.456 e. The summed E-state index contributed by atoms with van der Waals surface area (Å²) in [4.78, 5) is 4.86. The van der Waals surface area contributed by atoms with Crippen LogP contribution in [-0.2, 0) is 0 Å². The van der Waals surface area contributed by atoms with E-state index in [2.05, 4.69) is 265 Å². The van der Waals surface area contributed by atoms with Crippen molar-refractivity contribution in [1.29, 1.82) is 0 Å². The molecule has 0 unspecified atom stereocenters. The van der Waals surface area contributed by atoms with Gasteiger partial charge in [-0.05, 0) is 105 Å². The minimum absolute atomic E-state index is 0.825. The summed E-state index contributed by atoms with van der Waals surface area (Å²) in [6.45, 7) is 0. The fraction of sp³-hybridized carbons (Fsp3) is 0. The molecule has 2 heterocycles. The van der Waals surface area contributed by atoms with Crippen molar-refractivity contribution in [3.63, 3.8) is 0 Å². The van der Waals surface area contributed by atoms with E-state index in [0.717, 1.165) is 133 Å². The SMILES string of the molecule is c1ccc(-c2ccccc2N(c2ccc3c(c2)oc2ccccc23)c2cc(-c3ccccc3)c3c(-c4ccccc4)ccc(N(c4ccc5c(c4)oc4ccccc45)c4ccccc4-c4ccccc4)c3c2)cc1. The first-order chi connectivity index (χ1) is 36.7. The van der Waals surface area contributed by atoms with Gasteiger partial charge in [0.05, 0.1) is 17.1 Å². The molecule has 0 aliphatic heterocycles. The molecule has 0 bridgehead atoms. The second kappa shape index (κ2) is 18.1. The number of hydrogen-bond acceptors (Lipinski definition) is 4. The molecule has 14 aromatic rings. The fourth-order valence-corrected chi connectivity index (χ4v) is 11.1. The van der Waals surface area contributed by atoms with Crippen molar-refractivity contribution in [1.82, 2.24) is 0 Å². The minimum Gasteiger partial charge on any atom is -0.456 e. The van der Waals surface area contributed by atoms with Gasteiger partial charge in [0.1, 0.15) is 22.3 Å². The normalized spacial score (nSPS) is 11.5. The van der Waals surface area contributed by atoms with E-state index in [9.17, 15) is 0 Å². The Labute approximate surface area is 428 Å². The molecule has 14 rings (SSSR count). The number of nitrogens with zero attached hydrogens (tertiary/aromatic N) is 2. The molecule has 4 heteroatoms. The highest BCUT2D eigenvalue weighted by Gasteiger charge is 2.27. The summed E-state index contributed by atoms with van der Waals surface area (Å²) in [7, 11) is 0. The van der Waals surface area contributed by atoms with Crippen molar-refractivity contribution < 1.29 is 8.83 Å². The zero-order chi connectivity index (χ0) is 49.0. The Kier molecular flexibility index (Phi) is 10.5. The lowest BCUT2D eigenvalue weighted by Crippen LogP contribution is -2.14. The first-order valence-electron chi connectivity index (χ1n) is 25.2. The third-order valence-corrected chi connectivity index (χ3v) is 14.4.